The maximum atomic E-state index is 14.0. The van der Waals surface area contributed by atoms with Gasteiger partial charge in [0.25, 0.3) is 0 Å². The molecule has 9 heteroatoms. The van der Waals surface area contributed by atoms with Crippen LogP contribution in [0.15, 0.2) is 145 Å². The Balaban J connectivity index is 1.85. The first-order valence-corrected chi connectivity index (χ1v) is 19.5. The fraction of sp³-hybridized carbons (Fsp3) is 0.340. The predicted octanol–water partition coefficient (Wildman–Crippen LogP) is 14.4. The molecule has 1 heterocycles. The van der Waals surface area contributed by atoms with Crippen LogP contribution in [-0.2, 0) is 9.59 Å². The highest BCUT2D eigenvalue weighted by Crippen LogP contribution is 2.43. The van der Waals surface area contributed by atoms with Gasteiger partial charge in [0.05, 0.1) is 17.1 Å². The van der Waals surface area contributed by atoms with E-state index in [1.54, 1.807) is 54.7 Å². The molecule has 290 valence electrons. The summed E-state index contributed by atoms with van der Waals surface area (Å²) in [6.07, 6.45) is 9.37. The number of halogens is 2. The van der Waals surface area contributed by atoms with Crippen LogP contribution in [0.3, 0.4) is 0 Å². The summed E-state index contributed by atoms with van der Waals surface area (Å²) in [5.41, 5.74) is 5.75. The summed E-state index contributed by atoms with van der Waals surface area (Å²) < 4.78 is 0. The minimum absolute atomic E-state index is 0.00815. The van der Waals surface area contributed by atoms with Gasteiger partial charge in [0.2, 0.25) is 0 Å². The summed E-state index contributed by atoms with van der Waals surface area (Å²) in [5.74, 6) is 0.0244. The second-order valence-corrected chi connectivity index (χ2v) is 19.2. The van der Waals surface area contributed by atoms with E-state index in [2.05, 4.69) is 10.2 Å². The molecule has 5 rings (SSSR count). The molecule has 0 N–H and O–H groups in total. The van der Waals surface area contributed by atoms with Crippen LogP contribution < -0.4 is 0 Å². The Kier molecular flexibility index (Phi) is 12.0. The number of rotatable bonds is 6. The van der Waals surface area contributed by atoms with Crippen LogP contribution in [0.1, 0.15) is 94.3 Å². The van der Waals surface area contributed by atoms with Crippen molar-refractivity contribution in [3.63, 3.8) is 0 Å². The van der Waals surface area contributed by atoms with E-state index in [1.807, 2.05) is 120 Å². The van der Waals surface area contributed by atoms with Gasteiger partial charge in [0.1, 0.15) is 11.4 Å². The van der Waals surface area contributed by atoms with Crippen LogP contribution in [0.25, 0.3) is 11.4 Å². The predicted molar refractivity (Wildman–Crippen MR) is 230 cm³/mol. The van der Waals surface area contributed by atoms with Gasteiger partial charge in [-0.1, -0.05) is 106 Å². The van der Waals surface area contributed by atoms with E-state index in [0.29, 0.717) is 71.9 Å². The van der Waals surface area contributed by atoms with E-state index < -0.39 is 21.7 Å². The van der Waals surface area contributed by atoms with Crippen LogP contribution >= 0.6 is 23.2 Å². The number of aromatic nitrogens is 1. The van der Waals surface area contributed by atoms with E-state index >= 15 is 0 Å². The van der Waals surface area contributed by atoms with Crippen molar-refractivity contribution in [2.75, 3.05) is 0 Å². The number of nitrogens with zero attached hydrogens (tertiary/aromatic N) is 5. The Morgan fingerprint density at radius 1 is 0.500 bits per heavy atom. The van der Waals surface area contributed by atoms with Gasteiger partial charge in [0.15, 0.2) is 11.6 Å². The molecule has 0 unspecified atom stereocenters. The number of benzene rings is 2. The first-order valence-electron chi connectivity index (χ1n) is 18.7. The lowest BCUT2D eigenvalue weighted by molar-refractivity contribution is -0.114. The summed E-state index contributed by atoms with van der Waals surface area (Å²) >= 11 is 12.4. The fourth-order valence-electron chi connectivity index (χ4n) is 6.24. The average Bonchev–Trinajstić information content (AvgIpc) is 3.09. The number of allylic oxidation sites excluding steroid dienone is 10. The zero-order valence-corrected chi connectivity index (χ0v) is 36.0. The molecule has 0 amide bonds. The topological polar surface area (TPSA) is 96.5 Å². The molecule has 0 aliphatic heterocycles. The second kappa shape index (κ2) is 16.0. The Labute approximate surface area is 341 Å². The number of ketones is 2. The van der Waals surface area contributed by atoms with Crippen molar-refractivity contribution in [1.82, 2.24) is 4.98 Å². The van der Waals surface area contributed by atoms with E-state index in [-0.39, 0.29) is 11.6 Å². The van der Waals surface area contributed by atoms with Crippen molar-refractivity contribution in [1.29, 1.82) is 0 Å². The maximum absolute atomic E-state index is 14.0. The minimum Gasteiger partial charge on any atom is -0.289 e. The molecule has 0 radical (unpaired) electrons. The third-order valence-corrected chi connectivity index (χ3v) is 9.92. The summed E-state index contributed by atoms with van der Waals surface area (Å²) in [6, 6.07) is 18.0. The first-order chi connectivity index (χ1) is 25.9. The molecule has 0 spiro atoms. The quantitative estimate of drug-likeness (QED) is 0.233. The zero-order chi connectivity index (χ0) is 41.4. The molecule has 0 atom stereocenters. The molecule has 7 nitrogen and oxygen atoms in total. The van der Waals surface area contributed by atoms with Crippen molar-refractivity contribution in [2.24, 2.45) is 42.1 Å². The van der Waals surface area contributed by atoms with Crippen LogP contribution in [0.4, 0.5) is 11.4 Å². The van der Waals surface area contributed by atoms with E-state index in [9.17, 15) is 9.59 Å². The third-order valence-electron chi connectivity index (χ3n) is 9.42. The smallest absolute Gasteiger partial charge is 0.186 e. The number of pyridine rings is 1. The summed E-state index contributed by atoms with van der Waals surface area (Å²) in [6.45, 7) is 24.4. The number of carbonyl (C=O) groups excluding carboxylic acids is 2. The Morgan fingerprint density at radius 3 is 1.20 bits per heavy atom. The van der Waals surface area contributed by atoms with Gasteiger partial charge in [-0.3, -0.25) is 14.6 Å². The molecular weight excluding hydrogens is 737 g/mol. The van der Waals surface area contributed by atoms with Crippen molar-refractivity contribution >= 4 is 57.5 Å². The Hall–Kier alpha value is -4.85. The lowest BCUT2D eigenvalue weighted by Gasteiger charge is -2.31. The monoisotopic (exact) mass is 787 g/mol. The summed E-state index contributed by atoms with van der Waals surface area (Å²) in [4.78, 5) is 32.8. The SMILES string of the molecule is CC(C)(C)C1=CC(=C(/N=N/c2ccc(Cl)cc2)c2ccnc(C(/N=N/c3ccc(Cl)cc3)=C3C=C(C(C)(C)C)C(=O)C(C(C)(C)C)=C3)c2)C=C(C(C)(C)C)C1=O. The largest absolute Gasteiger partial charge is 0.289 e. The van der Waals surface area contributed by atoms with Crippen LogP contribution in [0.5, 0.6) is 0 Å². The molecule has 0 saturated carbocycles. The van der Waals surface area contributed by atoms with Crippen molar-refractivity contribution in [3.05, 3.63) is 146 Å². The van der Waals surface area contributed by atoms with Crippen LogP contribution in [0.2, 0.25) is 10.0 Å². The molecule has 56 heavy (non-hydrogen) atoms. The molecule has 2 aliphatic rings. The van der Waals surface area contributed by atoms with Crippen molar-refractivity contribution in [3.8, 4) is 0 Å². The number of hydrogen-bond donors (Lipinski definition) is 0. The molecule has 0 fully saturated rings. The number of azo groups is 2. The van der Waals surface area contributed by atoms with E-state index in [4.69, 9.17) is 38.4 Å². The summed E-state index contributed by atoms with van der Waals surface area (Å²) in [7, 11) is 0. The Morgan fingerprint density at radius 2 is 0.839 bits per heavy atom. The highest BCUT2D eigenvalue weighted by Gasteiger charge is 2.36. The van der Waals surface area contributed by atoms with Gasteiger partial charge in [-0.2, -0.15) is 10.2 Å². The third kappa shape index (κ3) is 9.93. The molecule has 0 saturated heterocycles. The summed E-state index contributed by atoms with van der Waals surface area (Å²) in [5, 5.41) is 20.2. The highest BCUT2D eigenvalue weighted by molar-refractivity contribution is 6.30. The van der Waals surface area contributed by atoms with Gasteiger partial charge >= 0.3 is 0 Å². The molecule has 2 aliphatic carbocycles. The fourth-order valence-corrected chi connectivity index (χ4v) is 6.49. The number of Topliss-reactive ketones (excluding diaryl/α,β-unsaturated/α-hetero) is 2. The number of carbonyl (C=O) groups is 2. The van der Waals surface area contributed by atoms with Crippen LogP contribution in [0, 0.1) is 21.7 Å². The lowest BCUT2D eigenvalue weighted by Crippen LogP contribution is -2.28. The van der Waals surface area contributed by atoms with Gasteiger partial charge in [-0.05, 0) is 107 Å². The standard InChI is InChI=1S/C47H51Cl2N5O2/c1-44(2,3)35-23-29(24-36(42(35)55)45(4,5)6)40(53-51-33-17-13-31(48)14-18-33)28-21-22-50-39(27-28)41(54-52-34-19-15-32(49)16-20-34)30-25-37(46(7,8)9)43(56)38(26-30)47(10,11)12/h13-27H,1-12H3/b53-51+,54-52+. The van der Waals surface area contributed by atoms with Crippen LogP contribution in [-0.4, -0.2) is 16.6 Å². The lowest BCUT2D eigenvalue weighted by atomic mass is 9.71. The zero-order valence-electron chi connectivity index (χ0n) is 34.5. The van der Waals surface area contributed by atoms with Crippen molar-refractivity contribution < 1.29 is 9.59 Å². The number of hydrogen-bond acceptors (Lipinski definition) is 7. The maximum Gasteiger partial charge on any atom is 0.186 e. The van der Waals surface area contributed by atoms with Gasteiger partial charge in [0, 0.05) is 55.2 Å². The molecule has 3 aromatic rings. The Bertz CT molecular complexity index is 2070. The van der Waals surface area contributed by atoms with E-state index in [1.165, 1.54) is 0 Å². The minimum atomic E-state index is -0.451. The van der Waals surface area contributed by atoms with Crippen molar-refractivity contribution in [2.45, 2.75) is 83.1 Å². The second-order valence-electron chi connectivity index (χ2n) is 18.3. The average molecular weight is 789 g/mol. The molecule has 2 aromatic carbocycles. The van der Waals surface area contributed by atoms with Gasteiger partial charge < -0.3 is 0 Å². The molecule has 0 bridgehead atoms. The normalized spacial score (nSPS) is 16.0. The first kappa shape index (κ1) is 42.3. The van der Waals surface area contributed by atoms with E-state index in [0.717, 1.165) is 5.57 Å². The van der Waals surface area contributed by atoms with Gasteiger partial charge in [-0.15, -0.1) is 10.2 Å². The van der Waals surface area contributed by atoms with Gasteiger partial charge in [-0.25, -0.2) is 0 Å². The molecule has 1 aromatic heterocycles. The molecular formula is C47H51Cl2N5O2. The highest BCUT2D eigenvalue weighted by atomic mass is 35.5.